The number of carbonyl (C=O) groups is 2. The number of aromatic nitrogens is 3. The van der Waals surface area contributed by atoms with Crippen molar-refractivity contribution in [3.63, 3.8) is 0 Å². The Balaban J connectivity index is 1.25. The SMILES string of the molecule is O=C(CSc1nnc(COc2ccccc2)n1-c1ccccc1)Nc1cccc(C(=O)N2CCCCC2)c1. The van der Waals surface area contributed by atoms with Gasteiger partial charge in [0.1, 0.15) is 12.4 Å². The maximum atomic E-state index is 12.8. The molecule has 0 unspecified atom stereocenters. The summed E-state index contributed by atoms with van der Waals surface area (Å²) in [6, 6.07) is 26.4. The third-order valence-corrected chi connectivity index (χ3v) is 7.12. The number of amides is 2. The first-order chi connectivity index (χ1) is 18.7. The van der Waals surface area contributed by atoms with Gasteiger partial charge in [-0.3, -0.25) is 14.2 Å². The number of nitrogens with one attached hydrogen (secondary N) is 1. The maximum Gasteiger partial charge on any atom is 0.253 e. The van der Waals surface area contributed by atoms with Gasteiger partial charge in [0.15, 0.2) is 11.0 Å². The highest BCUT2D eigenvalue weighted by molar-refractivity contribution is 7.99. The summed E-state index contributed by atoms with van der Waals surface area (Å²) in [5.74, 6) is 1.32. The molecule has 1 N–H and O–H groups in total. The van der Waals surface area contributed by atoms with Gasteiger partial charge in [0.05, 0.1) is 5.75 Å². The number of para-hydroxylation sites is 2. The molecule has 2 heterocycles. The highest BCUT2D eigenvalue weighted by Gasteiger charge is 2.19. The smallest absolute Gasteiger partial charge is 0.253 e. The van der Waals surface area contributed by atoms with Crippen LogP contribution < -0.4 is 10.1 Å². The van der Waals surface area contributed by atoms with Crippen molar-refractivity contribution in [1.82, 2.24) is 19.7 Å². The first-order valence-corrected chi connectivity index (χ1v) is 13.7. The van der Waals surface area contributed by atoms with Crippen LogP contribution in [0.3, 0.4) is 0 Å². The van der Waals surface area contributed by atoms with Crippen molar-refractivity contribution in [2.75, 3.05) is 24.2 Å². The van der Waals surface area contributed by atoms with Gasteiger partial charge in [0.2, 0.25) is 5.91 Å². The normalized spacial score (nSPS) is 13.2. The summed E-state index contributed by atoms with van der Waals surface area (Å²) in [6.45, 7) is 1.80. The molecule has 3 aromatic carbocycles. The average Bonchev–Trinajstić information content (AvgIpc) is 3.39. The number of ether oxygens (including phenoxy) is 1. The molecular weight excluding hydrogens is 498 g/mol. The number of carbonyl (C=O) groups excluding carboxylic acids is 2. The molecule has 194 valence electrons. The minimum absolute atomic E-state index is 0.0105. The maximum absolute atomic E-state index is 12.8. The molecule has 5 rings (SSSR count). The molecule has 0 aliphatic carbocycles. The molecule has 1 aromatic heterocycles. The van der Waals surface area contributed by atoms with Crippen molar-refractivity contribution in [2.24, 2.45) is 0 Å². The van der Waals surface area contributed by atoms with Crippen LogP contribution in [0, 0.1) is 0 Å². The number of benzene rings is 3. The molecule has 8 nitrogen and oxygen atoms in total. The molecule has 0 bridgehead atoms. The number of hydrogen-bond acceptors (Lipinski definition) is 6. The number of thioether (sulfide) groups is 1. The quantitative estimate of drug-likeness (QED) is 0.301. The summed E-state index contributed by atoms with van der Waals surface area (Å²) in [5.41, 5.74) is 2.07. The predicted octanol–water partition coefficient (Wildman–Crippen LogP) is 5.20. The molecule has 0 saturated carbocycles. The molecule has 4 aromatic rings. The Morgan fingerprint density at radius 3 is 2.37 bits per heavy atom. The summed E-state index contributed by atoms with van der Waals surface area (Å²) >= 11 is 1.29. The fraction of sp³-hybridized carbons (Fsp3) is 0.241. The Morgan fingerprint density at radius 2 is 1.61 bits per heavy atom. The number of piperidine rings is 1. The second-order valence-electron chi connectivity index (χ2n) is 8.94. The van der Waals surface area contributed by atoms with E-state index in [0.29, 0.717) is 22.2 Å². The lowest BCUT2D eigenvalue weighted by atomic mass is 10.1. The first-order valence-electron chi connectivity index (χ1n) is 12.7. The van der Waals surface area contributed by atoms with Gasteiger partial charge in [-0.05, 0) is 61.7 Å². The molecule has 1 aliphatic heterocycles. The summed E-state index contributed by atoms with van der Waals surface area (Å²) < 4.78 is 7.81. The van der Waals surface area contributed by atoms with Crippen LogP contribution in [0.5, 0.6) is 5.75 Å². The topological polar surface area (TPSA) is 89.3 Å². The molecule has 1 fully saturated rings. The van der Waals surface area contributed by atoms with Crippen molar-refractivity contribution in [3.05, 3.63) is 96.3 Å². The van der Waals surface area contributed by atoms with E-state index in [4.69, 9.17) is 4.74 Å². The van der Waals surface area contributed by atoms with E-state index in [9.17, 15) is 9.59 Å². The van der Waals surface area contributed by atoms with Crippen LogP contribution in [0.2, 0.25) is 0 Å². The second-order valence-corrected chi connectivity index (χ2v) is 9.88. The van der Waals surface area contributed by atoms with E-state index in [1.54, 1.807) is 24.3 Å². The first kappa shape index (κ1) is 25.5. The monoisotopic (exact) mass is 527 g/mol. The van der Waals surface area contributed by atoms with Crippen LogP contribution in [0.25, 0.3) is 5.69 Å². The summed E-state index contributed by atoms with van der Waals surface area (Å²) in [4.78, 5) is 27.6. The highest BCUT2D eigenvalue weighted by Crippen LogP contribution is 2.24. The van der Waals surface area contributed by atoms with Gasteiger partial charge in [-0.25, -0.2) is 0 Å². The molecule has 38 heavy (non-hydrogen) atoms. The highest BCUT2D eigenvalue weighted by atomic mass is 32.2. The Morgan fingerprint density at radius 1 is 0.868 bits per heavy atom. The number of likely N-dealkylation sites (tertiary alicyclic amines) is 1. The van der Waals surface area contributed by atoms with Gasteiger partial charge in [-0.2, -0.15) is 0 Å². The zero-order valence-corrected chi connectivity index (χ0v) is 21.8. The Kier molecular flexibility index (Phi) is 8.35. The molecule has 0 radical (unpaired) electrons. The van der Waals surface area contributed by atoms with Gasteiger partial charge < -0.3 is 15.0 Å². The summed E-state index contributed by atoms with van der Waals surface area (Å²) in [5, 5.41) is 12.2. The van der Waals surface area contributed by atoms with Crippen molar-refractivity contribution in [1.29, 1.82) is 0 Å². The van der Waals surface area contributed by atoms with E-state index in [1.165, 1.54) is 11.8 Å². The average molecular weight is 528 g/mol. The third-order valence-electron chi connectivity index (χ3n) is 6.19. The van der Waals surface area contributed by atoms with Crippen molar-refractivity contribution < 1.29 is 14.3 Å². The van der Waals surface area contributed by atoms with E-state index in [2.05, 4.69) is 15.5 Å². The van der Waals surface area contributed by atoms with Crippen molar-refractivity contribution in [3.8, 4) is 11.4 Å². The Labute approximate surface area is 226 Å². The predicted molar refractivity (Wildman–Crippen MR) is 148 cm³/mol. The minimum atomic E-state index is -0.192. The molecule has 2 amide bonds. The van der Waals surface area contributed by atoms with Gasteiger partial charge in [0.25, 0.3) is 5.91 Å². The van der Waals surface area contributed by atoms with Crippen LogP contribution in [-0.4, -0.2) is 50.3 Å². The lowest BCUT2D eigenvalue weighted by Crippen LogP contribution is -2.35. The van der Waals surface area contributed by atoms with Crippen LogP contribution >= 0.6 is 11.8 Å². The lowest BCUT2D eigenvalue weighted by molar-refractivity contribution is -0.113. The number of anilines is 1. The fourth-order valence-electron chi connectivity index (χ4n) is 4.33. The molecule has 1 saturated heterocycles. The molecule has 1 aliphatic rings. The third kappa shape index (κ3) is 6.41. The van der Waals surface area contributed by atoms with E-state index < -0.39 is 0 Å². The van der Waals surface area contributed by atoms with Gasteiger partial charge in [-0.1, -0.05) is 54.2 Å². The van der Waals surface area contributed by atoms with Gasteiger partial charge >= 0.3 is 0 Å². The number of rotatable bonds is 9. The zero-order valence-electron chi connectivity index (χ0n) is 21.0. The molecule has 9 heteroatoms. The summed E-state index contributed by atoms with van der Waals surface area (Å²) in [7, 11) is 0. The standard InChI is InChI=1S/C29H29N5O3S/c35-27(30-23-12-10-11-22(19-23)28(36)33-17-8-3-9-18-33)21-38-29-32-31-26(20-37-25-15-6-2-7-16-25)34(29)24-13-4-1-5-14-24/h1-2,4-7,10-16,19H,3,8-9,17-18,20-21H2,(H,30,35). The minimum Gasteiger partial charge on any atom is -0.486 e. The van der Waals surface area contributed by atoms with Crippen LogP contribution in [0.15, 0.2) is 90.1 Å². The zero-order chi connectivity index (χ0) is 26.2. The van der Waals surface area contributed by atoms with E-state index >= 15 is 0 Å². The summed E-state index contributed by atoms with van der Waals surface area (Å²) in [6.07, 6.45) is 3.23. The molecule has 0 spiro atoms. The second kappa shape index (κ2) is 12.4. The van der Waals surface area contributed by atoms with Crippen LogP contribution in [-0.2, 0) is 11.4 Å². The largest absolute Gasteiger partial charge is 0.486 e. The van der Waals surface area contributed by atoms with E-state index in [1.807, 2.05) is 70.1 Å². The van der Waals surface area contributed by atoms with Crippen LogP contribution in [0.1, 0.15) is 35.4 Å². The van der Waals surface area contributed by atoms with E-state index in [0.717, 1.165) is 43.8 Å². The Hall–Kier alpha value is -4.11. The van der Waals surface area contributed by atoms with E-state index in [-0.39, 0.29) is 24.2 Å². The van der Waals surface area contributed by atoms with Crippen molar-refractivity contribution >= 4 is 29.3 Å². The lowest BCUT2D eigenvalue weighted by Gasteiger charge is -2.26. The Bertz CT molecular complexity index is 1370. The van der Waals surface area contributed by atoms with Gasteiger partial charge in [0, 0.05) is 30.0 Å². The number of nitrogens with zero attached hydrogens (tertiary/aromatic N) is 4. The molecule has 0 atom stereocenters. The van der Waals surface area contributed by atoms with Crippen LogP contribution in [0.4, 0.5) is 5.69 Å². The van der Waals surface area contributed by atoms with Crippen molar-refractivity contribution in [2.45, 2.75) is 31.0 Å². The molecular formula is C29H29N5O3S. The van der Waals surface area contributed by atoms with Gasteiger partial charge in [-0.15, -0.1) is 10.2 Å². The number of hydrogen-bond donors (Lipinski definition) is 1. The fourth-order valence-corrected chi connectivity index (χ4v) is 5.10.